The number of hydrogen-bond donors (Lipinski definition) is 1. The molecule has 1 aromatic carbocycles. The van der Waals surface area contributed by atoms with Crippen molar-refractivity contribution in [3.05, 3.63) is 29.8 Å². The molecule has 1 aromatic rings. The van der Waals surface area contributed by atoms with Crippen LogP contribution in [0.15, 0.2) is 24.3 Å². The van der Waals surface area contributed by atoms with E-state index in [1.807, 2.05) is 19.2 Å². The number of para-hydroxylation sites is 1. The summed E-state index contributed by atoms with van der Waals surface area (Å²) < 4.78 is 10.8. The van der Waals surface area contributed by atoms with Crippen LogP contribution >= 0.6 is 0 Å². The SMILES string of the molecule is COc1ccccc1[C@@H](C)NC1CCC(OC)CC1. The summed E-state index contributed by atoms with van der Waals surface area (Å²) in [6, 6.07) is 9.15. The first kappa shape index (κ1) is 14.4. The van der Waals surface area contributed by atoms with Crippen molar-refractivity contribution >= 4 is 0 Å². The molecular weight excluding hydrogens is 238 g/mol. The molecule has 0 amide bonds. The lowest BCUT2D eigenvalue weighted by molar-refractivity contribution is 0.0613. The van der Waals surface area contributed by atoms with Crippen LogP contribution in [-0.2, 0) is 4.74 Å². The minimum absolute atomic E-state index is 0.320. The Hall–Kier alpha value is -1.06. The fourth-order valence-corrected chi connectivity index (χ4v) is 2.93. The highest BCUT2D eigenvalue weighted by Gasteiger charge is 2.22. The molecule has 0 radical (unpaired) electrons. The van der Waals surface area contributed by atoms with Gasteiger partial charge in [0.05, 0.1) is 13.2 Å². The molecule has 0 bridgehead atoms. The summed E-state index contributed by atoms with van der Waals surface area (Å²) in [6.07, 6.45) is 5.16. The van der Waals surface area contributed by atoms with Crippen LogP contribution in [0.25, 0.3) is 0 Å². The number of methoxy groups -OCH3 is 2. The van der Waals surface area contributed by atoms with Crippen LogP contribution in [0.3, 0.4) is 0 Å². The first-order valence-electron chi connectivity index (χ1n) is 7.16. The third-order valence-corrected chi connectivity index (χ3v) is 4.10. The molecule has 1 saturated carbocycles. The van der Waals surface area contributed by atoms with E-state index in [-0.39, 0.29) is 0 Å². The monoisotopic (exact) mass is 263 g/mol. The third-order valence-electron chi connectivity index (χ3n) is 4.10. The van der Waals surface area contributed by atoms with Crippen LogP contribution < -0.4 is 10.1 Å². The molecule has 1 aliphatic rings. The van der Waals surface area contributed by atoms with Gasteiger partial charge >= 0.3 is 0 Å². The lowest BCUT2D eigenvalue weighted by Crippen LogP contribution is -2.36. The second-order valence-corrected chi connectivity index (χ2v) is 5.34. The van der Waals surface area contributed by atoms with E-state index in [2.05, 4.69) is 24.4 Å². The van der Waals surface area contributed by atoms with Gasteiger partial charge in [-0.15, -0.1) is 0 Å². The summed E-state index contributed by atoms with van der Waals surface area (Å²) in [4.78, 5) is 0. The largest absolute Gasteiger partial charge is 0.496 e. The lowest BCUT2D eigenvalue weighted by Gasteiger charge is -2.31. The number of ether oxygens (including phenoxy) is 2. The molecule has 0 saturated heterocycles. The highest BCUT2D eigenvalue weighted by molar-refractivity contribution is 5.35. The van der Waals surface area contributed by atoms with E-state index in [0.717, 1.165) is 18.6 Å². The van der Waals surface area contributed by atoms with Crippen LogP contribution in [0.2, 0.25) is 0 Å². The molecule has 19 heavy (non-hydrogen) atoms. The van der Waals surface area contributed by atoms with Crippen LogP contribution in [0, 0.1) is 0 Å². The van der Waals surface area contributed by atoms with Gasteiger partial charge in [0.25, 0.3) is 0 Å². The van der Waals surface area contributed by atoms with Crippen molar-refractivity contribution in [3.63, 3.8) is 0 Å². The molecule has 0 aliphatic heterocycles. The van der Waals surface area contributed by atoms with Crippen molar-refractivity contribution in [1.29, 1.82) is 0 Å². The zero-order chi connectivity index (χ0) is 13.7. The molecule has 1 aliphatic carbocycles. The molecule has 0 spiro atoms. The van der Waals surface area contributed by atoms with E-state index in [4.69, 9.17) is 9.47 Å². The Labute approximate surface area is 116 Å². The van der Waals surface area contributed by atoms with Gasteiger partial charge in [0, 0.05) is 24.8 Å². The average Bonchev–Trinajstić information content (AvgIpc) is 2.48. The fraction of sp³-hybridized carbons (Fsp3) is 0.625. The Morgan fingerprint density at radius 3 is 2.42 bits per heavy atom. The van der Waals surface area contributed by atoms with Crippen molar-refractivity contribution < 1.29 is 9.47 Å². The minimum atomic E-state index is 0.320. The van der Waals surface area contributed by atoms with Crippen LogP contribution in [0.4, 0.5) is 0 Å². The third kappa shape index (κ3) is 3.71. The van der Waals surface area contributed by atoms with E-state index in [9.17, 15) is 0 Å². The Kier molecular flexibility index (Phi) is 5.23. The summed E-state index contributed by atoms with van der Waals surface area (Å²) in [5, 5.41) is 3.72. The summed E-state index contributed by atoms with van der Waals surface area (Å²) in [5.74, 6) is 0.966. The first-order valence-corrected chi connectivity index (χ1v) is 7.16. The molecule has 1 N–H and O–H groups in total. The molecule has 0 heterocycles. The van der Waals surface area contributed by atoms with Gasteiger partial charge in [-0.05, 0) is 38.7 Å². The van der Waals surface area contributed by atoms with E-state index in [1.54, 1.807) is 7.11 Å². The zero-order valence-electron chi connectivity index (χ0n) is 12.2. The minimum Gasteiger partial charge on any atom is -0.496 e. The number of rotatable bonds is 5. The van der Waals surface area contributed by atoms with Gasteiger partial charge in [-0.3, -0.25) is 0 Å². The predicted molar refractivity (Wildman–Crippen MR) is 77.6 cm³/mol. The normalized spacial score (nSPS) is 25.0. The quantitative estimate of drug-likeness (QED) is 0.884. The van der Waals surface area contributed by atoms with E-state index in [0.29, 0.717) is 18.2 Å². The zero-order valence-corrected chi connectivity index (χ0v) is 12.2. The van der Waals surface area contributed by atoms with E-state index >= 15 is 0 Å². The number of benzene rings is 1. The van der Waals surface area contributed by atoms with E-state index < -0.39 is 0 Å². The predicted octanol–water partition coefficient (Wildman–Crippen LogP) is 3.30. The molecule has 1 atom stereocenters. The summed E-state index contributed by atoms with van der Waals surface area (Å²) in [6.45, 7) is 2.21. The smallest absolute Gasteiger partial charge is 0.123 e. The Morgan fingerprint density at radius 1 is 1.11 bits per heavy atom. The maximum atomic E-state index is 5.43. The van der Waals surface area contributed by atoms with Crippen molar-refractivity contribution in [2.45, 2.75) is 50.8 Å². The van der Waals surface area contributed by atoms with Gasteiger partial charge in [0.2, 0.25) is 0 Å². The molecule has 0 unspecified atom stereocenters. The van der Waals surface area contributed by atoms with Gasteiger partial charge in [-0.25, -0.2) is 0 Å². The molecular formula is C16H25NO2. The van der Waals surface area contributed by atoms with Crippen LogP contribution in [0.5, 0.6) is 5.75 Å². The fourth-order valence-electron chi connectivity index (χ4n) is 2.93. The second kappa shape index (κ2) is 6.92. The highest BCUT2D eigenvalue weighted by atomic mass is 16.5. The van der Waals surface area contributed by atoms with Crippen molar-refractivity contribution in [2.24, 2.45) is 0 Å². The summed E-state index contributed by atoms with van der Waals surface area (Å²) in [5.41, 5.74) is 1.24. The lowest BCUT2D eigenvalue weighted by atomic mass is 9.92. The van der Waals surface area contributed by atoms with Gasteiger partial charge in [-0.1, -0.05) is 18.2 Å². The Bertz CT molecular complexity index is 386. The molecule has 2 rings (SSSR count). The van der Waals surface area contributed by atoms with Gasteiger partial charge in [0.15, 0.2) is 0 Å². The van der Waals surface area contributed by atoms with Gasteiger partial charge < -0.3 is 14.8 Å². The summed E-state index contributed by atoms with van der Waals surface area (Å²) in [7, 11) is 3.55. The molecule has 3 nitrogen and oxygen atoms in total. The summed E-state index contributed by atoms with van der Waals surface area (Å²) >= 11 is 0. The van der Waals surface area contributed by atoms with Crippen molar-refractivity contribution in [2.75, 3.05) is 14.2 Å². The first-order chi connectivity index (χ1) is 9.24. The maximum Gasteiger partial charge on any atom is 0.123 e. The molecule has 3 heteroatoms. The molecule has 106 valence electrons. The van der Waals surface area contributed by atoms with Gasteiger partial charge in [0.1, 0.15) is 5.75 Å². The maximum absolute atomic E-state index is 5.43. The van der Waals surface area contributed by atoms with E-state index in [1.165, 1.54) is 18.4 Å². The Morgan fingerprint density at radius 2 is 1.79 bits per heavy atom. The topological polar surface area (TPSA) is 30.5 Å². The van der Waals surface area contributed by atoms with Gasteiger partial charge in [-0.2, -0.15) is 0 Å². The number of nitrogens with one attached hydrogen (secondary N) is 1. The highest BCUT2D eigenvalue weighted by Crippen LogP contribution is 2.27. The average molecular weight is 263 g/mol. The standard InChI is InChI=1S/C16H25NO2/c1-12(15-6-4-5-7-16(15)19-3)17-13-8-10-14(18-2)11-9-13/h4-7,12-14,17H,8-11H2,1-3H3/t12-,13?,14?/m1/s1. The van der Waals surface area contributed by atoms with Crippen LogP contribution in [-0.4, -0.2) is 26.4 Å². The van der Waals surface area contributed by atoms with Crippen molar-refractivity contribution in [1.82, 2.24) is 5.32 Å². The molecule has 0 aromatic heterocycles. The second-order valence-electron chi connectivity index (χ2n) is 5.34. The Balaban J connectivity index is 1.92. The molecule has 1 fully saturated rings. The number of hydrogen-bond acceptors (Lipinski definition) is 3. The van der Waals surface area contributed by atoms with Crippen molar-refractivity contribution in [3.8, 4) is 5.75 Å². The van der Waals surface area contributed by atoms with Crippen LogP contribution in [0.1, 0.15) is 44.2 Å².